The van der Waals surface area contributed by atoms with Crippen molar-refractivity contribution in [3.05, 3.63) is 126 Å². The predicted molar refractivity (Wildman–Crippen MR) is 176 cm³/mol. The third-order valence-electron chi connectivity index (χ3n) is 9.54. The predicted octanol–water partition coefficient (Wildman–Crippen LogP) is 8.43. The molecule has 8 rings (SSSR count). The summed E-state index contributed by atoms with van der Waals surface area (Å²) in [6.45, 7) is 4.58. The molecule has 41 heavy (non-hydrogen) atoms. The fraction of sp³-hybridized carbons (Fsp3) is 0.211. The van der Waals surface area contributed by atoms with E-state index in [1.165, 1.54) is 99.3 Å². The van der Waals surface area contributed by atoms with Crippen LogP contribution in [0.25, 0.3) is 0 Å². The van der Waals surface area contributed by atoms with Gasteiger partial charge in [0.1, 0.15) is 0 Å². The molecule has 5 aromatic carbocycles. The second-order valence-electron chi connectivity index (χ2n) is 12.2. The van der Waals surface area contributed by atoms with E-state index in [0.29, 0.717) is 5.92 Å². The molecular weight excluding hydrogens is 495 g/mol. The summed E-state index contributed by atoms with van der Waals surface area (Å²) in [7, 11) is 0. The number of hydrogen-bond acceptors (Lipinski definition) is 2. The topological polar surface area (TPSA) is 6.48 Å². The molecule has 200 valence electrons. The van der Waals surface area contributed by atoms with Crippen LogP contribution in [0.1, 0.15) is 54.7 Å². The lowest BCUT2D eigenvalue weighted by molar-refractivity contribution is 0.444. The number of nitrogens with zero attached hydrogens (tertiary/aromatic N) is 2. The van der Waals surface area contributed by atoms with Gasteiger partial charge in [-0.25, -0.2) is 0 Å². The molecule has 0 amide bonds. The van der Waals surface area contributed by atoms with Gasteiger partial charge in [-0.2, -0.15) is 0 Å². The van der Waals surface area contributed by atoms with Crippen molar-refractivity contribution in [2.45, 2.75) is 51.9 Å². The molecule has 0 radical (unpaired) electrons. The summed E-state index contributed by atoms with van der Waals surface area (Å²) in [5, 5.41) is 0. The summed E-state index contributed by atoms with van der Waals surface area (Å²) in [4.78, 5) is 5.09. The van der Waals surface area contributed by atoms with Gasteiger partial charge in [0.15, 0.2) is 0 Å². The molecule has 0 saturated heterocycles. The standard InChI is InChI=1S/C38H35BN2/c1-26-17-20-31(21-18-26)40-34-16-10-9-15-32(34)39-33-22-19-27(2)23-35(33)41(30-13-7-4-8-14-30)37-25-29(24-36(40)38(37)39)28-11-5-3-6-12-28/h4,7-10,13-25,28H,3,5-6,11-12H2,1-2H3. The average Bonchev–Trinajstić information content (AvgIpc) is 3.02. The molecular formula is C38H35BN2. The number of para-hydroxylation sites is 2. The highest BCUT2D eigenvalue weighted by Crippen LogP contribution is 2.46. The largest absolute Gasteiger partial charge is 0.311 e. The molecule has 2 aliphatic heterocycles. The molecule has 0 N–H and O–H groups in total. The van der Waals surface area contributed by atoms with Crippen LogP contribution < -0.4 is 26.2 Å². The molecule has 3 heteroatoms. The van der Waals surface area contributed by atoms with Gasteiger partial charge in [-0.05, 0) is 109 Å². The average molecular weight is 531 g/mol. The lowest BCUT2D eigenvalue weighted by Crippen LogP contribution is -2.61. The Balaban J connectivity index is 1.47. The van der Waals surface area contributed by atoms with Gasteiger partial charge in [-0.15, -0.1) is 0 Å². The van der Waals surface area contributed by atoms with Gasteiger partial charge < -0.3 is 9.80 Å². The second kappa shape index (κ2) is 9.70. The van der Waals surface area contributed by atoms with E-state index in [0.717, 1.165) is 0 Å². The van der Waals surface area contributed by atoms with Crippen LogP contribution in [0.2, 0.25) is 0 Å². The van der Waals surface area contributed by atoms with E-state index in [1.54, 1.807) is 0 Å². The van der Waals surface area contributed by atoms with Crippen LogP contribution in [0.15, 0.2) is 109 Å². The minimum absolute atomic E-state index is 0.189. The van der Waals surface area contributed by atoms with Crippen molar-refractivity contribution in [3.63, 3.8) is 0 Å². The van der Waals surface area contributed by atoms with Crippen LogP contribution in [0.4, 0.5) is 34.1 Å². The molecule has 0 spiro atoms. The Bertz CT molecular complexity index is 1750. The Morgan fingerprint density at radius 2 is 1.15 bits per heavy atom. The fourth-order valence-corrected chi connectivity index (χ4v) is 7.57. The summed E-state index contributed by atoms with van der Waals surface area (Å²) < 4.78 is 0. The van der Waals surface area contributed by atoms with Crippen LogP contribution >= 0.6 is 0 Å². The molecule has 0 bridgehead atoms. The van der Waals surface area contributed by atoms with Crippen molar-refractivity contribution in [2.24, 2.45) is 0 Å². The van der Waals surface area contributed by atoms with Crippen molar-refractivity contribution in [1.29, 1.82) is 0 Å². The van der Waals surface area contributed by atoms with E-state index >= 15 is 0 Å². The van der Waals surface area contributed by atoms with Gasteiger partial charge in [0, 0.05) is 34.1 Å². The highest BCUT2D eigenvalue weighted by Gasteiger charge is 2.43. The lowest BCUT2D eigenvalue weighted by Gasteiger charge is -2.45. The number of benzene rings is 5. The zero-order valence-corrected chi connectivity index (χ0v) is 24.0. The Hall–Kier alpha value is -4.24. The molecule has 2 heterocycles. The summed E-state index contributed by atoms with van der Waals surface area (Å²) in [5.74, 6) is 0.609. The van der Waals surface area contributed by atoms with Gasteiger partial charge in [0.2, 0.25) is 0 Å². The van der Waals surface area contributed by atoms with Crippen molar-refractivity contribution < 1.29 is 0 Å². The molecule has 5 aromatic rings. The second-order valence-corrected chi connectivity index (χ2v) is 12.2. The van der Waals surface area contributed by atoms with Crippen LogP contribution in [-0.4, -0.2) is 6.71 Å². The van der Waals surface area contributed by atoms with Crippen LogP contribution in [0.3, 0.4) is 0 Å². The molecule has 1 fully saturated rings. The SMILES string of the molecule is Cc1ccc(N2c3ccccc3B3c4ccc(C)cc4N(c4ccccc4)c4cc(C5CCCCC5)cc2c43)cc1. The maximum absolute atomic E-state index is 2.56. The van der Waals surface area contributed by atoms with Gasteiger partial charge in [-0.1, -0.05) is 85.5 Å². The molecule has 0 atom stereocenters. The third kappa shape index (κ3) is 3.94. The summed E-state index contributed by atoms with van der Waals surface area (Å²) in [5.41, 5.74) is 16.0. The maximum atomic E-state index is 2.56. The molecule has 1 saturated carbocycles. The van der Waals surface area contributed by atoms with E-state index in [-0.39, 0.29) is 6.71 Å². The summed E-state index contributed by atoms with van der Waals surface area (Å²) in [6, 6.07) is 41.3. The first-order chi connectivity index (χ1) is 20.2. The highest BCUT2D eigenvalue weighted by molar-refractivity contribution is 7.00. The smallest absolute Gasteiger partial charge is 0.252 e. The fourth-order valence-electron chi connectivity index (χ4n) is 7.57. The van der Waals surface area contributed by atoms with E-state index in [2.05, 4.69) is 133 Å². The molecule has 3 aliphatic rings. The molecule has 1 aliphatic carbocycles. The number of aryl methyl sites for hydroxylation is 2. The first-order valence-corrected chi connectivity index (χ1v) is 15.3. The van der Waals surface area contributed by atoms with Crippen molar-refractivity contribution in [2.75, 3.05) is 9.80 Å². The Kier molecular flexibility index (Phi) is 5.81. The Labute approximate surface area is 244 Å². The van der Waals surface area contributed by atoms with Gasteiger partial charge >= 0.3 is 0 Å². The van der Waals surface area contributed by atoms with Gasteiger partial charge in [-0.3, -0.25) is 0 Å². The summed E-state index contributed by atoms with van der Waals surface area (Å²) in [6.07, 6.45) is 6.58. The van der Waals surface area contributed by atoms with Crippen molar-refractivity contribution in [3.8, 4) is 0 Å². The van der Waals surface area contributed by atoms with Crippen LogP contribution in [-0.2, 0) is 0 Å². The van der Waals surface area contributed by atoms with Gasteiger partial charge in [0.25, 0.3) is 6.71 Å². The van der Waals surface area contributed by atoms with E-state index < -0.39 is 0 Å². The quantitative estimate of drug-likeness (QED) is 0.212. The molecule has 0 unspecified atom stereocenters. The highest BCUT2D eigenvalue weighted by atomic mass is 15.2. The van der Waals surface area contributed by atoms with Crippen LogP contribution in [0.5, 0.6) is 0 Å². The summed E-state index contributed by atoms with van der Waals surface area (Å²) >= 11 is 0. The Morgan fingerprint density at radius 1 is 0.537 bits per heavy atom. The normalized spacial score (nSPS) is 15.8. The van der Waals surface area contributed by atoms with Gasteiger partial charge in [0.05, 0.1) is 0 Å². The maximum Gasteiger partial charge on any atom is 0.252 e. The lowest BCUT2D eigenvalue weighted by atomic mass is 9.33. The van der Waals surface area contributed by atoms with Crippen molar-refractivity contribution >= 4 is 57.2 Å². The third-order valence-corrected chi connectivity index (χ3v) is 9.54. The first-order valence-electron chi connectivity index (χ1n) is 15.3. The van der Waals surface area contributed by atoms with E-state index in [4.69, 9.17) is 0 Å². The number of anilines is 6. The van der Waals surface area contributed by atoms with Crippen molar-refractivity contribution in [1.82, 2.24) is 0 Å². The molecule has 2 nitrogen and oxygen atoms in total. The number of rotatable bonds is 3. The zero-order chi connectivity index (χ0) is 27.5. The molecule has 0 aromatic heterocycles. The Morgan fingerprint density at radius 3 is 1.90 bits per heavy atom. The minimum atomic E-state index is 0.189. The number of hydrogen-bond donors (Lipinski definition) is 0. The van der Waals surface area contributed by atoms with E-state index in [1.807, 2.05) is 0 Å². The van der Waals surface area contributed by atoms with E-state index in [9.17, 15) is 0 Å². The first kappa shape index (κ1) is 24.6. The minimum Gasteiger partial charge on any atom is -0.311 e. The van der Waals surface area contributed by atoms with Crippen LogP contribution in [0, 0.1) is 13.8 Å². The monoisotopic (exact) mass is 530 g/mol. The number of fused-ring (bicyclic) bond motifs is 4. The zero-order valence-electron chi connectivity index (χ0n) is 24.0.